The second-order valence-electron chi connectivity index (χ2n) is 6.79. The van der Waals surface area contributed by atoms with E-state index >= 15 is 0 Å². The summed E-state index contributed by atoms with van der Waals surface area (Å²) in [5.41, 5.74) is 6.25. The monoisotopic (exact) mass is 334 g/mol. The molecule has 2 N–H and O–H groups in total. The van der Waals surface area contributed by atoms with Crippen LogP contribution in [-0.2, 0) is 9.53 Å². The first kappa shape index (κ1) is 16.8. The lowest BCUT2D eigenvalue weighted by atomic mass is 10.00. The molecule has 1 aliphatic heterocycles. The van der Waals surface area contributed by atoms with Crippen LogP contribution in [0.2, 0.25) is 0 Å². The minimum Gasteiger partial charge on any atom is -0.461 e. The van der Waals surface area contributed by atoms with Gasteiger partial charge >= 0.3 is 5.97 Å². The highest BCUT2D eigenvalue weighted by Gasteiger charge is 2.36. The van der Waals surface area contributed by atoms with E-state index in [0.29, 0.717) is 18.3 Å². The van der Waals surface area contributed by atoms with Gasteiger partial charge in [-0.05, 0) is 38.5 Å². The van der Waals surface area contributed by atoms with Crippen LogP contribution in [0, 0.1) is 11.8 Å². The largest absolute Gasteiger partial charge is 0.461 e. The molecule has 7 nitrogen and oxygen atoms in total. The van der Waals surface area contributed by atoms with Crippen molar-refractivity contribution in [2.45, 2.75) is 45.6 Å². The zero-order valence-electron chi connectivity index (χ0n) is 14.4. The van der Waals surface area contributed by atoms with E-state index in [1.807, 2.05) is 16.4 Å². The van der Waals surface area contributed by atoms with Crippen LogP contribution < -0.4 is 5.73 Å². The number of rotatable bonds is 5. The molecule has 2 fully saturated rings. The Balaban J connectivity index is 1.60. The third-order valence-electron chi connectivity index (χ3n) is 5.19. The molecule has 0 radical (unpaired) electrons. The van der Waals surface area contributed by atoms with Crippen molar-refractivity contribution in [1.29, 1.82) is 0 Å². The molecule has 1 aliphatic carbocycles. The zero-order chi connectivity index (χ0) is 17.3. The average Bonchev–Trinajstić information content (AvgIpc) is 3.36. The Labute approximate surface area is 142 Å². The molecule has 1 saturated heterocycles. The number of nitrogens with two attached hydrogens (primary N) is 1. The van der Waals surface area contributed by atoms with E-state index in [4.69, 9.17) is 10.5 Å². The standard InChI is InChI=1S/C17H26N4O3/c1-3-24-17(23)14-15(18)21(10-19-14)13-6-8-20(9-7-13)16(22)11(2)12-4-5-12/h10-13H,3-9,18H2,1-2H3/t11-/m1/s1. The molecule has 1 atom stereocenters. The quantitative estimate of drug-likeness (QED) is 0.830. The van der Waals surface area contributed by atoms with Crippen molar-refractivity contribution in [2.75, 3.05) is 25.4 Å². The van der Waals surface area contributed by atoms with Gasteiger partial charge < -0.3 is 19.9 Å². The van der Waals surface area contributed by atoms with E-state index in [9.17, 15) is 9.59 Å². The van der Waals surface area contributed by atoms with Gasteiger partial charge in [0.05, 0.1) is 12.9 Å². The highest BCUT2D eigenvalue weighted by atomic mass is 16.5. The van der Waals surface area contributed by atoms with Crippen molar-refractivity contribution in [1.82, 2.24) is 14.5 Å². The molecular weight excluding hydrogens is 308 g/mol. The van der Waals surface area contributed by atoms with Crippen molar-refractivity contribution < 1.29 is 14.3 Å². The molecule has 7 heteroatoms. The number of nitrogen functional groups attached to an aromatic ring is 1. The Morgan fingerprint density at radius 2 is 2.00 bits per heavy atom. The fourth-order valence-electron chi connectivity index (χ4n) is 3.47. The molecule has 24 heavy (non-hydrogen) atoms. The molecular formula is C17H26N4O3. The first-order valence-electron chi connectivity index (χ1n) is 8.81. The number of hydrogen-bond acceptors (Lipinski definition) is 5. The molecule has 0 bridgehead atoms. The lowest BCUT2D eigenvalue weighted by molar-refractivity contribution is -0.136. The average molecular weight is 334 g/mol. The van der Waals surface area contributed by atoms with Gasteiger partial charge in [0.25, 0.3) is 0 Å². The number of hydrogen-bond donors (Lipinski definition) is 1. The molecule has 132 valence electrons. The first-order chi connectivity index (χ1) is 11.5. The molecule has 2 heterocycles. The maximum atomic E-state index is 12.5. The van der Waals surface area contributed by atoms with E-state index in [1.165, 1.54) is 12.8 Å². The summed E-state index contributed by atoms with van der Waals surface area (Å²) in [6.07, 6.45) is 5.63. The van der Waals surface area contributed by atoms with Crippen LogP contribution in [0.5, 0.6) is 0 Å². The minimum atomic E-state index is -0.486. The number of esters is 1. The Hall–Kier alpha value is -2.05. The van der Waals surface area contributed by atoms with E-state index in [0.717, 1.165) is 25.9 Å². The van der Waals surface area contributed by atoms with Crippen LogP contribution >= 0.6 is 0 Å². The van der Waals surface area contributed by atoms with E-state index in [1.54, 1.807) is 13.3 Å². The third kappa shape index (κ3) is 3.25. The van der Waals surface area contributed by atoms with E-state index in [-0.39, 0.29) is 23.6 Å². The summed E-state index contributed by atoms with van der Waals surface area (Å²) in [6.45, 7) is 5.55. The zero-order valence-corrected chi connectivity index (χ0v) is 14.4. The number of anilines is 1. The lowest BCUT2D eigenvalue weighted by Gasteiger charge is -2.34. The van der Waals surface area contributed by atoms with E-state index < -0.39 is 5.97 Å². The number of carbonyl (C=O) groups excluding carboxylic acids is 2. The van der Waals surface area contributed by atoms with Gasteiger partial charge in [0.15, 0.2) is 5.69 Å². The fraction of sp³-hybridized carbons (Fsp3) is 0.706. The maximum Gasteiger partial charge on any atom is 0.360 e. The van der Waals surface area contributed by atoms with Crippen LogP contribution in [0.3, 0.4) is 0 Å². The second-order valence-corrected chi connectivity index (χ2v) is 6.79. The van der Waals surface area contributed by atoms with Gasteiger partial charge in [0, 0.05) is 25.0 Å². The Bertz CT molecular complexity index is 615. The van der Waals surface area contributed by atoms with Gasteiger partial charge in [0.2, 0.25) is 5.91 Å². The molecule has 0 spiro atoms. The van der Waals surface area contributed by atoms with Crippen LogP contribution in [-0.4, -0.2) is 46.0 Å². The summed E-state index contributed by atoms with van der Waals surface area (Å²) in [6, 6.07) is 0.168. The summed E-state index contributed by atoms with van der Waals surface area (Å²) in [5.74, 6) is 0.882. The number of ether oxygens (including phenoxy) is 1. The molecule has 0 aromatic carbocycles. The maximum absolute atomic E-state index is 12.5. The summed E-state index contributed by atoms with van der Waals surface area (Å²) >= 11 is 0. The molecule has 2 aliphatic rings. The number of imidazole rings is 1. The highest BCUT2D eigenvalue weighted by Crippen LogP contribution is 2.38. The van der Waals surface area contributed by atoms with Gasteiger partial charge in [0.1, 0.15) is 5.82 Å². The first-order valence-corrected chi connectivity index (χ1v) is 8.81. The number of carbonyl (C=O) groups is 2. The molecule has 3 rings (SSSR count). The number of nitrogens with zero attached hydrogens (tertiary/aromatic N) is 3. The van der Waals surface area contributed by atoms with Crippen LogP contribution in [0.15, 0.2) is 6.33 Å². The third-order valence-corrected chi connectivity index (χ3v) is 5.19. The van der Waals surface area contributed by atoms with Crippen molar-refractivity contribution in [2.24, 2.45) is 11.8 Å². The molecule has 1 aromatic rings. The molecule has 1 aromatic heterocycles. The smallest absolute Gasteiger partial charge is 0.360 e. The minimum absolute atomic E-state index is 0.148. The van der Waals surface area contributed by atoms with Crippen LogP contribution in [0.25, 0.3) is 0 Å². The number of amides is 1. The Morgan fingerprint density at radius 3 is 2.58 bits per heavy atom. The summed E-state index contributed by atoms with van der Waals surface area (Å²) in [4.78, 5) is 30.4. The number of aromatic nitrogens is 2. The van der Waals surface area contributed by atoms with Crippen molar-refractivity contribution in [3.05, 3.63) is 12.0 Å². The second kappa shape index (κ2) is 6.83. The van der Waals surface area contributed by atoms with Gasteiger partial charge in [-0.1, -0.05) is 6.92 Å². The van der Waals surface area contributed by atoms with Crippen LogP contribution in [0.1, 0.15) is 56.1 Å². The van der Waals surface area contributed by atoms with Crippen LogP contribution in [0.4, 0.5) is 5.82 Å². The topological polar surface area (TPSA) is 90.5 Å². The van der Waals surface area contributed by atoms with Crippen molar-refractivity contribution >= 4 is 17.7 Å². The fourth-order valence-corrected chi connectivity index (χ4v) is 3.47. The summed E-state index contributed by atoms with van der Waals surface area (Å²) < 4.78 is 6.81. The highest BCUT2D eigenvalue weighted by molar-refractivity contribution is 5.92. The summed E-state index contributed by atoms with van der Waals surface area (Å²) in [7, 11) is 0. The predicted molar refractivity (Wildman–Crippen MR) is 89.3 cm³/mol. The van der Waals surface area contributed by atoms with Gasteiger partial charge in [-0.25, -0.2) is 9.78 Å². The Kier molecular flexibility index (Phi) is 4.78. The van der Waals surface area contributed by atoms with Gasteiger partial charge in [-0.3, -0.25) is 4.79 Å². The van der Waals surface area contributed by atoms with E-state index in [2.05, 4.69) is 4.98 Å². The molecule has 1 amide bonds. The van der Waals surface area contributed by atoms with Crippen molar-refractivity contribution in [3.8, 4) is 0 Å². The lowest BCUT2D eigenvalue weighted by Crippen LogP contribution is -2.42. The van der Waals surface area contributed by atoms with Crippen molar-refractivity contribution in [3.63, 3.8) is 0 Å². The Morgan fingerprint density at radius 1 is 1.33 bits per heavy atom. The van der Waals surface area contributed by atoms with Gasteiger partial charge in [-0.15, -0.1) is 0 Å². The number of piperidine rings is 1. The molecule has 0 unspecified atom stereocenters. The van der Waals surface area contributed by atoms with Gasteiger partial charge in [-0.2, -0.15) is 0 Å². The summed E-state index contributed by atoms with van der Waals surface area (Å²) in [5, 5.41) is 0. The molecule has 1 saturated carbocycles. The predicted octanol–water partition coefficient (Wildman–Crippen LogP) is 1.85. The normalized spacial score (nSPS) is 20.0. The number of likely N-dealkylation sites (tertiary alicyclic amines) is 1. The SMILES string of the molecule is CCOC(=O)c1ncn(C2CCN(C(=O)[C@H](C)C3CC3)CC2)c1N.